The molecule has 86 valence electrons. The summed E-state index contributed by atoms with van der Waals surface area (Å²) < 4.78 is 4.95. The third kappa shape index (κ3) is 6.54. The molecule has 5 nitrogen and oxygen atoms in total. The average molecular weight is 214 g/mol. The van der Waals surface area contributed by atoms with E-state index in [0.717, 1.165) is 0 Å². The van der Waals surface area contributed by atoms with Crippen molar-refractivity contribution in [2.24, 2.45) is 0 Å². The molecule has 0 aromatic heterocycles. The fourth-order valence-electron chi connectivity index (χ4n) is 0.751. The number of rotatable bonds is 3. The lowest BCUT2D eigenvalue weighted by Gasteiger charge is -2.19. The van der Waals surface area contributed by atoms with E-state index < -0.39 is 17.6 Å². The molecule has 0 saturated heterocycles. The quantitative estimate of drug-likeness (QED) is 0.693. The summed E-state index contributed by atoms with van der Waals surface area (Å²) >= 11 is 0. The van der Waals surface area contributed by atoms with Crippen LogP contribution in [0.3, 0.4) is 0 Å². The van der Waals surface area contributed by atoms with E-state index >= 15 is 0 Å². The minimum Gasteiger partial charge on any atom is -0.444 e. The summed E-state index contributed by atoms with van der Waals surface area (Å²) in [5.41, 5.74) is -0.614. The molecule has 0 aromatic rings. The largest absolute Gasteiger partial charge is 0.444 e. The smallest absolute Gasteiger partial charge is 0.412 e. The molecular formula is C10H18N2O3. The maximum Gasteiger partial charge on any atom is 0.412 e. The van der Waals surface area contributed by atoms with Gasteiger partial charge in [0.15, 0.2) is 0 Å². The lowest BCUT2D eigenvalue weighted by atomic mass is 10.2. The van der Waals surface area contributed by atoms with Crippen LogP contribution in [0.15, 0.2) is 12.3 Å². The van der Waals surface area contributed by atoms with E-state index in [2.05, 4.69) is 17.2 Å². The normalized spacial score (nSPS) is 10.4. The molecule has 0 aliphatic heterocycles. The molecule has 0 rings (SSSR count). The molecule has 0 bridgehead atoms. The molecule has 0 fully saturated rings. The van der Waals surface area contributed by atoms with E-state index in [1.807, 2.05) is 0 Å². The van der Waals surface area contributed by atoms with Crippen LogP contribution in [0.5, 0.6) is 0 Å². The second-order valence-corrected chi connectivity index (χ2v) is 3.96. The lowest BCUT2D eigenvalue weighted by Crippen LogP contribution is -2.37. The van der Waals surface area contributed by atoms with Crippen molar-refractivity contribution in [1.82, 2.24) is 10.6 Å². The fraction of sp³-hybridized carbons (Fsp3) is 0.600. The van der Waals surface area contributed by atoms with Gasteiger partial charge in [0, 0.05) is 6.54 Å². The van der Waals surface area contributed by atoms with Gasteiger partial charge in [-0.05, 0) is 27.7 Å². The van der Waals surface area contributed by atoms with Crippen molar-refractivity contribution in [2.45, 2.75) is 33.3 Å². The van der Waals surface area contributed by atoms with Crippen LogP contribution in [0.1, 0.15) is 27.7 Å². The molecule has 0 unspecified atom stereocenters. The van der Waals surface area contributed by atoms with Gasteiger partial charge in [0.25, 0.3) is 5.91 Å². The van der Waals surface area contributed by atoms with Crippen molar-refractivity contribution >= 4 is 12.0 Å². The first-order valence-electron chi connectivity index (χ1n) is 4.73. The maximum absolute atomic E-state index is 11.2. The van der Waals surface area contributed by atoms with Crippen LogP contribution in [0.25, 0.3) is 0 Å². The topological polar surface area (TPSA) is 67.4 Å². The number of carbonyl (C=O) groups excluding carboxylic acids is 2. The summed E-state index contributed by atoms with van der Waals surface area (Å²) in [5.74, 6) is -0.414. The SMILES string of the molecule is C=C(NC(=O)OC(C)(C)C)C(=O)NCC. The fourth-order valence-corrected chi connectivity index (χ4v) is 0.751. The number of hydrogen-bond donors (Lipinski definition) is 2. The van der Waals surface area contributed by atoms with E-state index in [0.29, 0.717) is 6.54 Å². The Balaban J connectivity index is 4.08. The van der Waals surface area contributed by atoms with Crippen molar-refractivity contribution in [3.63, 3.8) is 0 Å². The molecule has 5 heteroatoms. The van der Waals surface area contributed by atoms with E-state index in [9.17, 15) is 9.59 Å². The Morgan fingerprint density at radius 2 is 1.87 bits per heavy atom. The van der Waals surface area contributed by atoms with E-state index in [1.165, 1.54) is 0 Å². The van der Waals surface area contributed by atoms with Gasteiger partial charge in [-0.1, -0.05) is 6.58 Å². The standard InChI is InChI=1S/C10H18N2O3/c1-6-11-8(13)7(2)12-9(14)15-10(3,4)5/h2,6H2,1,3-5H3,(H,11,13)(H,12,14). The molecular weight excluding hydrogens is 196 g/mol. The Bertz CT molecular complexity index is 266. The van der Waals surface area contributed by atoms with Gasteiger partial charge in [0.05, 0.1) is 0 Å². The minimum atomic E-state index is -0.682. The van der Waals surface area contributed by atoms with Crippen molar-refractivity contribution in [1.29, 1.82) is 0 Å². The first kappa shape index (κ1) is 13.5. The van der Waals surface area contributed by atoms with Gasteiger partial charge in [-0.15, -0.1) is 0 Å². The number of amides is 2. The van der Waals surface area contributed by atoms with E-state index in [-0.39, 0.29) is 5.70 Å². The predicted octanol–water partition coefficient (Wildman–Crippen LogP) is 1.16. The van der Waals surface area contributed by atoms with Gasteiger partial charge in [-0.3, -0.25) is 10.1 Å². The van der Waals surface area contributed by atoms with E-state index in [4.69, 9.17) is 4.74 Å². The molecule has 0 aliphatic carbocycles. The first-order chi connectivity index (χ1) is 6.76. The Hall–Kier alpha value is -1.52. The highest BCUT2D eigenvalue weighted by Gasteiger charge is 2.18. The van der Waals surface area contributed by atoms with Crippen LogP contribution in [-0.4, -0.2) is 24.1 Å². The van der Waals surface area contributed by atoms with Crippen LogP contribution >= 0.6 is 0 Å². The third-order valence-electron chi connectivity index (χ3n) is 1.26. The number of hydrogen-bond acceptors (Lipinski definition) is 3. The molecule has 2 N–H and O–H groups in total. The number of ether oxygens (including phenoxy) is 1. The highest BCUT2D eigenvalue weighted by atomic mass is 16.6. The molecule has 0 aromatic carbocycles. The predicted molar refractivity (Wildman–Crippen MR) is 57.2 cm³/mol. The van der Waals surface area contributed by atoms with Crippen molar-refractivity contribution in [3.05, 3.63) is 12.3 Å². The van der Waals surface area contributed by atoms with Gasteiger partial charge in [0.2, 0.25) is 0 Å². The molecule has 15 heavy (non-hydrogen) atoms. The van der Waals surface area contributed by atoms with Crippen molar-refractivity contribution in [3.8, 4) is 0 Å². The Kier molecular flexibility index (Phi) is 4.84. The monoisotopic (exact) mass is 214 g/mol. The van der Waals surface area contributed by atoms with Gasteiger partial charge in [-0.25, -0.2) is 4.79 Å². The number of likely N-dealkylation sites (N-methyl/N-ethyl adjacent to an activating group) is 1. The Labute approximate surface area is 89.9 Å². The second kappa shape index (κ2) is 5.38. The highest BCUT2D eigenvalue weighted by Crippen LogP contribution is 2.06. The maximum atomic E-state index is 11.2. The molecule has 0 radical (unpaired) electrons. The first-order valence-corrected chi connectivity index (χ1v) is 4.73. The molecule has 0 atom stereocenters. The molecule has 0 heterocycles. The van der Waals surface area contributed by atoms with Crippen LogP contribution in [0.2, 0.25) is 0 Å². The average Bonchev–Trinajstić information content (AvgIpc) is 2.00. The Morgan fingerprint density at radius 3 is 2.27 bits per heavy atom. The number of alkyl carbamates (subject to hydrolysis) is 1. The van der Waals surface area contributed by atoms with Crippen LogP contribution in [0.4, 0.5) is 4.79 Å². The highest BCUT2D eigenvalue weighted by molar-refractivity contribution is 5.95. The van der Waals surface area contributed by atoms with E-state index in [1.54, 1.807) is 27.7 Å². The summed E-state index contributed by atoms with van der Waals surface area (Å²) in [6.07, 6.45) is -0.682. The zero-order chi connectivity index (χ0) is 12.1. The van der Waals surface area contributed by atoms with Crippen LogP contribution in [-0.2, 0) is 9.53 Å². The minimum absolute atomic E-state index is 0.0221. The van der Waals surface area contributed by atoms with Crippen LogP contribution < -0.4 is 10.6 Å². The van der Waals surface area contributed by atoms with Gasteiger partial charge < -0.3 is 10.1 Å². The van der Waals surface area contributed by atoms with Gasteiger partial charge in [0.1, 0.15) is 11.3 Å². The molecule has 0 aliphatic rings. The zero-order valence-electron chi connectivity index (χ0n) is 9.64. The summed E-state index contributed by atoms with van der Waals surface area (Å²) in [7, 11) is 0. The summed E-state index contributed by atoms with van der Waals surface area (Å²) in [6, 6.07) is 0. The second-order valence-electron chi connectivity index (χ2n) is 3.96. The summed E-state index contributed by atoms with van der Waals surface area (Å²) in [6.45, 7) is 10.9. The van der Waals surface area contributed by atoms with Crippen molar-refractivity contribution in [2.75, 3.05) is 6.54 Å². The summed E-state index contributed by atoms with van der Waals surface area (Å²) in [4.78, 5) is 22.4. The van der Waals surface area contributed by atoms with Gasteiger partial charge >= 0.3 is 6.09 Å². The summed E-state index contributed by atoms with van der Waals surface area (Å²) in [5, 5.41) is 4.76. The van der Waals surface area contributed by atoms with Crippen LogP contribution in [0, 0.1) is 0 Å². The lowest BCUT2D eigenvalue weighted by molar-refractivity contribution is -0.117. The number of carbonyl (C=O) groups is 2. The molecule has 0 spiro atoms. The molecule has 2 amide bonds. The van der Waals surface area contributed by atoms with Crippen molar-refractivity contribution < 1.29 is 14.3 Å². The Morgan fingerprint density at radius 1 is 1.33 bits per heavy atom. The number of nitrogens with one attached hydrogen (secondary N) is 2. The van der Waals surface area contributed by atoms with Gasteiger partial charge in [-0.2, -0.15) is 0 Å². The third-order valence-corrected chi connectivity index (χ3v) is 1.26. The molecule has 0 saturated carbocycles. The zero-order valence-corrected chi connectivity index (χ0v) is 9.64.